The maximum absolute atomic E-state index is 12.0. The van der Waals surface area contributed by atoms with Crippen molar-refractivity contribution in [2.24, 2.45) is 0 Å². The summed E-state index contributed by atoms with van der Waals surface area (Å²) in [4.78, 5) is 24.4. The van der Waals surface area contributed by atoms with E-state index in [1.54, 1.807) is 13.1 Å². The quantitative estimate of drug-likeness (QED) is 0.617. The van der Waals surface area contributed by atoms with Crippen molar-refractivity contribution >= 4 is 35.9 Å². The first-order chi connectivity index (χ1) is 12.9. The van der Waals surface area contributed by atoms with E-state index in [9.17, 15) is 9.59 Å². The second kappa shape index (κ2) is 11.5. The molecule has 0 aliphatic heterocycles. The number of benzene rings is 2. The first kappa shape index (κ1) is 23.8. The third-order valence-electron chi connectivity index (χ3n) is 4.04. The zero-order valence-corrected chi connectivity index (χ0v) is 17.2. The number of carbonyl (C=O) groups is 2. The third kappa shape index (κ3) is 7.38. The molecule has 1 atom stereocenters. The van der Waals surface area contributed by atoms with Crippen LogP contribution >= 0.6 is 24.0 Å². The van der Waals surface area contributed by atoms with E-state index in [2.05, 4.69) is 0 Å². The number of carboxylic acids is 1. The van der Waals surface area contributed by atoms with Gasteiger partial charge in [0.2, 0.25) is 0 Å². The highest BCUT2D eigenvalue weighted by atomic mass is 35.5. The first-order valence-corrected chi connectivity index (χ1v) is 8.73. The lowest BCUT2D eigenvalue weighted by molar-refractivity contribution is -0.148. The molecule has 152 valence electrons. The SMILES string of the molecule is COC(=O)[C@H](Cc1ccc(OCc2cccc(Cl)c2)cc1)N(C)CC(=O)O.Cl. The van der Waals surface area contributed by atoms with Gasteiger partial charge in [-0.1, -0.05) is 35.9 Å². The molecule has 0 bridgehead atoms. The summed E-state index contributed by atoms with van der Waals surface area (Å²) in [6.07, 6.45) is 0.338. The molecule has 2 aromatic rings. The average molecular weight is 428 g/mol. The first-order valence-electron chi connectivity index (χ1n) is 8.35. The largest absolute Gasteiger partial charge is 0.489 e. The Kier molecular flexibility index (Phi) is 9.79. The number of hydrogen-bond donors (Lipinski definition) is 1. The normalized spacial score (nSPS) is 11.4. The van der Waals surface area contributed by atoms with E-state index in [1.807, 2.05) is 42.5 Å². The molecule has 28 heavy (non-hydrogen) atoms. The molecular weight excluding hydrogens is 405 g/mol. The summed E-state index contributed by atoms with van der Waals surface area (Å²) < 4.78 is 10.5. The van der Waals surface area contributed by atoms with Gasteiger partial charge in [0.15, 0.2) is 0 Å². The summed E-state index contributed by atoms with van der Waals surface area (Å²) in [6.45, 7) is 0.145. The van der Waals surface area contributed by atoms with Crippen molar-refractivity contribution in [1.29, 1.82) is 0 Å². The Bertz CT molecular complexity index is 782. The highest BCUT2D eigenvalue weighted by Crippen LogP contribution is 2.18. The van der Waals surface area contributed by atoms with Crippen LogP contribution in [-0.2, 0) is 27.4 Å². The highest BCUT2D eigenvalue weighted by Gasteiger charge is 2.25. The van der Waals surface area contributed by atoms with E-state index >= 15 is 0 Å². The Hall–Kier alpha value is -2.28. The number of hydrogen-bond acceptors (Lipinski definition) is 5. The summed E-state index contributed by atoms with van der Waals surface area (Å²) in [7, 11) is 2.87. The molecule has 1 N–H and O–H groups in total. The Morgan fingerprint density at radius 2 is 1.82 bits per heavy atom. The highest BCUT2D eigenvalue weighted by molar-refractivity contribution is 6.30. The van der Waals surface area contributed by atoms with E-state index in [0.29, 0.717) is 23.8 Å². The summed E-state index contributed by atoms with van der Waals surface area (Å²) in [5, 5.41) is 9.60. The third-order valence-corrected chi connectivity index (χ3v) is 4.27. The van der Waals surface area contributed by atoms with E-state index in [1.165, 1.54) is 12.0 Å². The van der Waals surface area contributed by atoms with Gasteiger partial charge in [0.1, 0.15) is 18.4 Å². The summed E-state index contributed by atoms with van der Waals surface area (Å²) >= 11 is 5.96. The van der Waals surface area contributed by atoms with Crippen molar-refractivity contribution in [3.8, 4) is 5.75 Å². The van der Waals surface area contributed by atoms with Crippen molar-refractivity contribution in [2.75, 3.05) is 20.7 Å². The van der Waals surface area contributed by atoms with Gasteiger partial charge in [-0.3, -0.25) is 14.5 Å². The minimum absolute atomic E-state index is 0. The molecular formula is C20H23Cl2NO5. The number of nitrogens with zero attached hydrogens (tertiary/aromatic N) is 1. The van der Waals surface area contributed by atoms with Crippen molar-refractivity contribution in [1.82, 2.24) is 4.90 Å². The Balaban J connectivity index is 0.00000392. The van der Waals surface area contributed by atoms with Crippen LogP contribution in [0.4, 0.5) is 0 Å². The number of carbonyl (C=O) groups excluding carboxylic acids is 1. The van der Waals surface area contributed by atoms with Crippen molar-refractivity contribution in [2.45, 2.75) is 19.1 Å². The second-order valence-corrected chi connectivity index (χ2v) is 6.55. The zero-order valence-electron chi connectivity index (χ0n) is 15.6. The predicted octanol–water partition coefficient (Wildman–Crippen LogP) is 3.44. The van der Waals surface area contributed by atoms with Crippen LogP contribution in [-0.4, -0.2) is 48.7 Å². The summed E-state index contributed by atoms with van der Waals surface area (Å²) in [5.74, 6) is -0.788. The van der Waals surface area contributed by atoms with E-state index in [0.717, 1.165) is 11.1 Å². The lowest BCUT2D eigenvalue weighted by Crippen LogP contribution is -2.43. The number of aliphatic carboxylic acids is 1. The Morgan fingerprint density at radius 1 is 1.14 bits per heavy atom. The summed E-state index contributed by atoms with van der Waals surface area (Å²) in [5.41, 5.74) is 1.84. The van der Waals surface area contributed by atoms with Crippen LogP contribution in [0.5, 0.6) is 5.75 Å². The number of rotatable bonds is 9. The molecule has 2 aromatic carbocycles. The van der Waals surface area contributed by atoms with Crippen molar-refractivity contribution < 1.29 is 24.2 Å². The van der Waals surface area contributed by atoms with Crippen LogP contribution in [0, 0.1) is 0 Å². The molecule has 6 nitrogen and oxygen atoms in total. The zero-order chi connectivity index (χ0) is 19.8. The van der Waals surface area contributed by atoms with Crippen molar-refractivity contribution in [3.63, 3.8) is 0 Å². The predicted molar refractivity (Wildman–Crippen MR) is 109 cm³/mol. The van der Waals surface area contributed by atoms with Gasteiger partial charge in [0, 0.05) is 5.02 Å². The van der Waals surface area contributed by atoms with Crippen LogP contribution in [0.25, 0.3) is 0 Å². The van der Waals surface area contributed by atoms with Crippen LogP contribution in [0.2, 0.25) is 5.02 Å². The monoisotopic (exact) mass is 427 g/mol. The number of methoxy groups -OCH3 is 1. The maximum Gasteiger partial charge on any atom is 0.323 e. The average Bonchev–Trinajstić information content (AvgIpc) is 2.64. The lowest BCUT2D eigenvalue weighted by atomic mass is 10.0. The smallest absolute Gasteiger partial charge is 0.323 e. The molecule has 0 heterocycles. The van der Waals surface area contributed by atoms with Gasteiger partial charge in [0.05, 0.1) is 13.7 Å². The number of carboxylic acid groups (broad SMARTS) is 1. The molecule has 0 radical (unpaired) electrons. The van der Waals surface area contributed by atoms with Gasteiger partial charge in [-0.2, -0.15) is 0 Å². The van der Waals surface area contributed by atoms with Gasteiger partial charge in [-0.05, 0) is 48.9 Å². The molecule has 0 unspecified atom stereocenters. The van der Waals surface area contributed by atoms with Crippen LogP contribution in [0.1, 0.15) is 11.1 Å². The minimum Gasteiger partial charge on any atom is -0.489 e. The van der Waals surface area contributed by atoms with E-state index in [-0.39, 0.29) is 19.0 Å². The molecule has 0 saturated carbocycles. The molecule has 0 aromatic heterocycles. The fourth-order valence-corrected chi connectivity index (χ4v) is 2.83. The number of likely N-dealkylation sites (N-methyl/N-ethyl adjacent to an activating group) is 1. The Labute approximate surface area is 175 Å². The second-order valence-electron chi connectivity index (χ2n) is 6.11. The van der Waals surface area contributed by atoms with E-state index in [4.69, 9.17) is 26.2 Å². The van der Waals surface area contributed by atoms with Crippen LogP contribution in [0.15, 0.2) is 48.5 Å². The van der Waals surface area contributed by atoms with Gasteiger partial charge in [-0.25, -0.2) is 0 Å². The molecule has 0 aliphatic rings. The molecule has 0 saturated heterocycles. The fourth-order valence-electron chi connectivity index (χ4n) is 2.62. The van der Waals surface area contributed by atoms with Gasteiger partial charge >= 0.3 is 11.9 Å². The maximum atomic E-state index is 12.0. The fraction of sp³-hybridized carbons (Fsp3) is 0.300. The standard InChI is InChI=1S/C20H22ClNO5.ClH/c1-22(12-19(23)24)18(20(25)26-2)11-14-6-8-17(9-7-14)27-13-15-4-3-5-16(21)10-15;/h3-10,18H,11-13H2,1-2H3,(H,23,24);1H/t18-;/m0./s1. The molecule has 8 heteroatoms. The van der Waals surface area contributed by atoms with Crippen LogP contribution < -0.4 is 4.74 Å². The molecule has 0 spiro atoms. The molecule has 0 aliphatic carbocycles. The number of halogens is 2. The Morgan fingerprint density at radius 3 is 2.39 bits per heavy atom. The topological polar surface area (TPSA) is 76.1 Å². The molecule has 0 fully saturated rings. The molecule has 0 amide bonds. The molecule has 2 rings (SSSR count). The van der Waals surface area contributed by atoms with Crippen LogP contribution in [0.3, 0.4) is 0 Å². The minimum atomic E-state index is -1.00. The number of ether oxygens (including phenoxy) is 2. The lowest BCUT2D eigenvalue weighted by Gasteiger charge is -2.24. The van der Waals surface area contributed by atoms with Crippen molar-refractivity contribution in [3.05, 3.63) is 64.7 Å². The van der Waals surface area contributed by atoms with E-state index < -0.39 is 18.0 Å². The van der Waals surface area contributed by atoms with Gasteiger partial charge in [-0.15, -0.1) is 12.4 Å². The number of esters is 1. The van der Waals surface area contributed by atoms with Gasteiger partial charge in [0.25, 0.3) is 0 Å². The van der Waals surface area contributed by atoms with Gasteiger partial charge < -0.3 is 14.6 Å². The summed E-state index contributed by atoms with van der Waals surface area (Å²) in [6, 6.07) is 14.1.